The Morgan fingerprint density at radius 2 is 2.05 bits per heavy atom. The van der Waals surface area contributed by atoms with E-state index in [-0.39, 0.29) is 30.3 Å². The molecule has 4 heteroatoms. The van der Waals surface area contributed by atoms with E-state index in [2.05, 4.69) is 5.32 Å². The molecule has 2 saturated carbocycles. The van der Waals surface area contributed by atoms with Crippen molar-refractivity contribution in [1.82, 2.24) is 10.2 Å². The Bertz CT molecular complexity index is 394. The maximum Gasteiger partial charge on any atom is 0.245 e. The van der Waals surface area contributed by atoms with Crippen LogP contribution < -0.4 is 5.32 Å². The van der Waals surface area contributed by atoms with Gasteiger partial charge in [0.15, 0.2) is 0 Å². The minimum atomic E-state index is -0.320. The van der Waals surface area contributed by atoms with Gasteiger partial charge in [0.25, 0.3) is 0 Å². The van der Waals surface area contributed by atoms with Crippen molar-refractivity contribution in [1.29, 1.82) is 0 Å². The molecule has 1 N–H and O–H groups in total. The van der Waals surface area contributed by atoms with Crippen LogP contribution in [0, 0.1) is 23.7 Å². The fourth-order valence-corrected chi connectivity index (χ4v) is 4.22. The fraction of sp³-hybridized carbons (Fsp3) is 0.867. The largest absolute Gasteiger partial charge is 0.343 e. The predicted octanol–water partition coefficient (Wildman–Crippen LogP) is 1.41. The predicted molar refractivity (Wildman–Crippen MR) is 72.3 cm³/mol. The molecule has 0 aromatic heterocycles. The molecule has 3 fully saturated rings. The van der Waals surface area contributed by atoms with Gasteiger partial charge >= 0.3 is 0 Å². The molecule has 0 radical (unpaired) electrons. The number of rotatable bonds is 3. The summed E-state index contributed by atoms with van der Waals surface area (Å²) in [6, 6.07) is -0.320. The number of carbonyl (C=O) groups is 2. The minimum Gasteiger partial charge on any atom is -0.343 e. The van der Waals surface area contributed by atoms with Crippen LogP contribution in [0.4, 0.5) is 0 Å². The Labute approximate surface area is 114 Å². The molecule has 2 amide bonds. The maximum absolute atomic E-state index is 12.4. The third kappa shape index (κ3) is 2.37. The highest BCUT2D eigenvalue weighted by Crippen LogP contribution is 2.48. The van der Waals surface area contributed by atoms with Crippen molar-refractivity contribution < 1.29 is 9.59 Å². The lowest BCUT2D eigenvalue weighted by Crippen LogP contribution is -2.60. The summed E-state index contributed by atoms with van der Waals surface area (Å²) in [7, 11) is 0. The summed E-state index contributed by atoms with van der Waals surface area (Å²) in [6.07, 6.45) is 5.33. The second-order valence-corrected chi connectivity index (χ2v) is 6.94. The average molecular weight is 264 g/mol. The zero-order valence-electron chi connectivity index (χ0n) is 11.9. The first-order valence-corrected chi connectivity index (χ1v) is 7.62. The SMILES string of the molecule is CC(C)C1NC(=O)CN(CC2CC3CCC2C3)C1=O. The zero-order valence-corrected chi connectivity index (χ0v) is 11.9. The van der Waals surface area contributed by atoms with Crippen LogP contribution in [0.2, 0.25) is 0 Å². The molecule has 2 bridgehead atoms. The van der Waals surface area contributed by atoms with E-state index in [1.807, 2.05) is 18.7 Å². The summed E-state index contributed by atoms with van der Waals surface area (Å²) in [5, 5.41) is 2.82. The molecule has 1 heterocycles. The van der Waals surface area contributed by atoms with Gasteiger partial charge < -0.3 is 10.2 Å². The number of fused-ring (bicyclic) bond motifs is 2. The summed E-state index contributed by atoms with van der Waals surface area (Å²) in [6.45, 7) is 5.04. The van der Waals surface area contributed by atoms with E-state index in [1.165, 1.54) is 25.7 Å². The van der Waals surface area contributed by atoms with Crippen LogP contribution in [0.1, 0.15) is 39.5 Å². The van der Waals surface area contributed by atoms with Gasteiger partial charge in [0, 0.05) is 6.54 Å². The smallest absolute Gasteiger partial charge is 0.245 e. The highest BCUT2D eigenvalue weighted by atomic mass is 16.2. The topological polar surface area (TPSA) is 49.4 Å². The molecule has 0 aromatic rings. The highest BCUT2D eigenvalue weighted by Gasteiger charge is 2.42. The fourth-order valence-electron chi connectivity index (χ4n) is 4.22. The third-order valence-electron chi connectivity index (χ3n) is 5.23. The molecule has 106 valence electrons. The summed E-state index contributed by atoms with van der Waals surface area (Å²) >= 11 is 0. The molecule has 3 aliphatic rings. The molecule has 0 spiro atoms. The molecule has 4 unspecified atom stereocenters. The van der Waals surface area contributed by atoms with E-state index in [0.29, 0.717) is 5.92 Å². The molecule has 1 aliphatic heterocycles. The van der Waals surface area contributed by atoms with Crippen LogP contribution in [0.5, 0.6) is 0 Å². The van der Waals surface area contributed by atoms with E-state index < -0.39 is 0 Å². The Kier molecular flexibility index (Phi) is 3.27. The van der Waals surface area contributed by atoms with E-state index >= 15 is 0 Å². The second-order valence-electron chi connectivity index (χ2n) is 6.94. The van der Waals surface area contributed by atoms with Crippen molar-refractivity contribution >= 4 is 11.8 Å². The summed E-state index contributed by atoms with van der Waals surface area (Å²) < 4.78 is 0. The highest BCUT2D eigenvalue weighted by molar-refractivity contribution is 5.95. The number of piperazine rings is 1. The molecule has 4 nitrogen and oxygen atoms in total. The first-order valence-electron chi connectivity index (χ1n) is 7.62. The first kappa shape index (κ1) is 12.9. The molecule has 1 saturated heterocycles. The number of nitrogens with zero attached hydrogens (tertiary/aromatic N) is 1. The standard InChI is InChI=1S/C15H24N2O2/c1-9(2)14-15(19)17(8-13(18)16-14)7-12-6-10-3-4-11(12)5-10/h9-12,14H,3-8H2,1-2H3,(H,16,18). The molecule has 3 rings (SSSR count). The quantitative estimate of drug-likeness (QED) is 0.838. The van der Waals surface area contributed by atoms with Crippen molar-refractivity contribution in [3.8, 4) is 0 Å². The second kappa shape index (κ2) is 4.80. The van der Waals surface area contributed by atoms with E-state index in [1.54, 1.807) is 0 Å². The molecular formula is C15H24N2O2. The van der Waals surface area contributed by atoms with Gasteiger partial charge in [0.1, 0.15) is 6.04 Å². The van der Waals surface area contributed by atoms with Crippen LogP contribution in [0.25, 0.3) is 0 Å². The van der Waals surface area contributed by atoms with Gasteiger partial charge in [0.2, 0.25) is 11.8 Å². The van der Waals surface area contributed by atoms with E-state index in [4.69, 9.17) is 0 Å². The van der Waals surface area contributed by atoms with Crippen LogP contribution in [-0.2, 0) is 9.59 Å². The number of amides is 2. The molecule has 0 aromatic carbocycles. The normalized spacial score (nSPS) is 38.2. The number of nitrogens with one attached hydrogen (secondary N) is 1. The van der Waals surface area contributed by atoms with Gasteiger partial charge in [0.05, 0.1) is 6.54 Å². The van der Waals surface area contributed by atoms with Crippen LogP contribution >= 0.6 is 0 Å². The number of hydrogen-bond donors (Lipinski definition) is 1. The Hall–Kier alpha value is -1.06. The lowest BCUT2D eigenvalue weighted by atomic mass is 9.88. The van der Waals surface area contributed by atoms with Gasteiger partial charge in [-0.1, -0.05) is 20.3 Å². The van der Waals surface area contributed by atoms with Crippen LogP contribution in [0.15, 0.2) is 0 Å². The van der Waals surface area contributed by atoms with Gasteiger partial charge in [-0.25, -0.2) is 0 Å². The maximum atomic E-state index is 12.4. The van der Waals surface area contributed by atoms with E-state index in [0.717, 1.165) is 18.4 Å². The van der Waals surface area contributed by atoms with Crippen molar-refractivity contribution in [3.05, 3.63) is 0 Å². The lowest BCUT2D eigenvalue weighted by Gasteiger charge is -2.37. The van der Waals surface area contributed by atoms with E-state index in [9.17, 15) is 9.59 Å². The molecular weight excluding hydrogens is 240 g/mol. The Balaban J connectivity index is 1.66. The molecule has 2 aliphatic carbocycles. The lowest BCUT2D eigenvalue weighted by molar-refractivity contribution is -0.146. The monoisotopic (exact) mass is 264 g/mol. The van der Waals surface area contributed by atoms with Crippen molar-refractivity contribution in [3.63, 3.8) is 0 Å². The Morgan fingerprint density at radius 3 is 2.63 bits per heavy atom. The van der Waals surface area contributed by atoms with Crippen molar-refractivity contribution in [2.45, 2.75) is 45.6 Å². The zero-order chi connectivity index (χ0) is 13.6. The number of carbonyl (C=O) groups excluding carboxylic acids is 2. The van der Waals surface area contributed by atoms with Gasteiger partial charge in [-0.15, -0.1) is 0 Å². The summed E-state index contributed by atoms with van der Waals surface area (Å²) in [5.41, 5.74) is 0. The minimum absolute atomic E-state index is 0.00135. The molecule has 19 heavy (non-hydrogen) atoms. The van der Waals surface area contributed by atoms with Crippen LogP contribution in [0.3, 0.4) is 0 Å². The summed E-state index contributed by atoms with van der Waals surface area (Å²) in [4.78, 5) is 26.0. The number of hydrogen-bond acceptors (Lipinski definition) is 2. The average Bonchev–Trinajstić information content (AvgIpc) is 2.95. The van der Waals surface area contributed by atoms with Gasteiger partial charge in [-0.3, -0.25) is 9.59 Å². The third-order valence-corrected chi connectivity index (χ3v) is 5.23. The summed E-state index contributed by atoms with van der Waals surface area (Å²) in [5.74, 6) is 2.63. The van der Waals surface area contributed by atoms with Gasteiger partial charge in [-0.05, 0) is 42.9 Å². The van der Waals surface area contributed by atoms with Gasteiger partial charge in [-0.2, -0.15) is 0 Å². The van der Waals surface area contributed by atoms with Crippen LogP contribution in [-0.4, -0.2) is 35.8 Å². The van der Waals surface area contributed by atoms with Crippen molar-refractivity contribution in [2.75, 3.05) is 13.1 Å². The Morgan fingerprint density at radius 1 is 1.26 bits per heavy atom. The van der Waals surface area contributed by atoms with Crippen molar-refractivity contribution in [2.24, 2.45) is 23.7 Å². The first-order chi connectivity index (χ1) is 9.04. The molecule has 4 atom stereocenters.